The maximum Gasteiger partial charge on any atom is 0.412 e. The van der Waals surface area contributed by atoms with E-state index >= 15 is 4.39 Å². The Kier molecular flexibility index (Phi) is 9.11. The number of nitrogens with one attached hydrogen (secondary N) is 2. The summed E-state index contributed by atoms with van der Waals surface area (Å²) in [7, 11) is 1.53. The molecule has 0 fully saturated rings. The first kappa shape index (κ1) is 30.5. The van der Waals surface area contributed by atoms with Crippen LogP contribution in [0.2, 0.25) is 0 Å². The Balaban J connectivity index is 1.28. The van der Waals surface area contributed by atoms with Crippen LogP contribution in [0.15, 0.2) is 48.8 Å². The number of nitrogens with zero attached hydrogens (tertiary/aromatic N) is 4. The third kappa shape index (κ3) is 6.82. The number of benzene rings is 2. The van der Waals surface area contributed by atoms with E-state index in [1.807, 2.05) is 19.1 Å². The number of aliphatic hydroxyl groups excluding tert-OH is 1. The van der Waals surface area contributed by atoms with Crippen LogP contribution in [-0.4, -0.2) is 69.5 Å². The van der Waals surface area contributed by atoms with Crippen LogP contribution in [0.3, 0.4) is 0 Å². The van der Waals surface area contributed by atoms with Gasteiger partial charge < -0.3 is 24.6 Å². The quantitative estimate of drug-likeness (QED) is 0.196. The maximum absolute atomic E-state index is 15.1. The summed E-state index contributed by atoms with van der Waals surface area (Å²) in [5, 5.41) is 14.5. The van der Waals surface area contributed by atoms with Crippen molar-refractivity contribution in [1.29, 1.82) is 0 Å². The van der Waals surface area contributed by atoms with Crippen molar-refractivity contribution < 1.29 is 33.3 Å². The number of amides is 2. The molecule has 2 atom stereocenters. The highest BCUT2D eigenvalue weighted by Crippen LogP contribution is 2.37. The van der Waals surface area contributed by atoms with E-state index in [0.29, 0.717) is 32.1 Å². The Morgan fingerprint density at radius 3 is 2.66 bits per heavy atom. The minimum absolute atomic E-state index is 0.0117. The number of hydrogen-bond donors (Lipinski definition) is 3. The molecule has 2 amide bonds. The van der Waals surface area contributed by atoms with E-state index in [9.17, 15) is 9.59 Å². The third-order valence-electron chi connectivity index (χ3n) is 6.55. The van der Waals surface area contributed by atoms with Gasteiger partial charge in [-0.2, -0.15) is 0 Å². The zero-order valence-electron chi connectivity index (χ0n) is 24.3. The molecule has 0 unspecified atom stereocenters. The van der Waals surface area contributed by atoms with Crippen LogP contribution in [0.25, 0.3) is 31.8 Å². The van der Waals surface area contributed by atoms with E-state index in [4.69, 9.17) is 19.3 Å². The summed E-state index contributed by atoms with van der Waals surface area (Å²) in [5.41, 5.74) is 3.85. The van der Waals surface area contributed by atoms with Gasteiger partial charge in [-0.15, -0.1) is 11.3 Å². The Morgan fingerprint density at radius 1 is 1.07 bits per heavy atom. The van der Waals surface area contributed by atoms with Crippen LogP contribution in [-0.2, 0) is 4.74 Å². The molecule has 2 aromatic carbocycles. The van der Waals surface area contributed by atoms with E-state index in [1.165, 1.54) is 42.8 Å². The SMILES string of the molecule is COc1cnc2c(-c3nc4cc(F)c(O[C@@H](C)[C@@H](C)OC(=O)Nc5ccnc(C(=O)NCCO)c5)cc4s3)cc(C)cc2n1. The smallest absolute Gasteiger partial charge is 0.412 e. The maximum atomic E-state index is 15.1. The third-order valence-corrected chi connectivity index (χ3v) is 7.61. The average molecular weight is 621 g/mol. The van der Waals surface area contributed by atoms with Crippen molar-refractivity contribution in [3.8, 4) is 22.2 Å². The molecular formula is C30H29FN6O6S. The largest absolute Gasteiger partial charge is 0.484 e. The Labute approximate surface area is 255 Å². The lowest BCUT2D eigenvalue weighted by molar-refractivity contribution is 0.0402. The Hall–Kier alpha value is -4.95. The van der Waals surface area contributed by atoms with Gasteiger partial charge in [-0.25, -0.2) is 24.1 Å². The Morgan fingerprint density at radius 2 is 1.89 bits per heavy atom. The first-order valence-electron chi connectivity index (χ1n) is 13.6. The van der Waals surface area contributed by atoms with E-state index in [-0.39, 0.29) is 30.3 Å². The molecule has 0 aliphatic rings. The second kappa shape index (κ2) is 13.1. The molecule has 5 rings (SSSR count). The molecule has 5 aromatic rings. The minimum Gasteiger partial charge on any atom is -0.484 e. The first-order valence-corrected chi connectivity index (χ1v) is 14.4. The summed E-state index contributed by atoms with van der Waals surface area (Å²) in [4.78, 5) is 42.2. The van der Waals surface area contributed by atoms with Gasteiger partial charge in [0, 0.05) is 36.1 Å². The molecule has 0 saturated heterocycles. The molecule has 3 N–H and O–H groups in total. The van der Waals surface area contributed by atoms with Crippen LogP contribution < -0.4 is 20.1 Å². The second-order valence-electron chi connectivity index (χ2n) is 9.83. The number of aromatic nitrogens is 4. The number of thiazole rings is 1. The summed E-state index contributed by atoms with van der Waals surface area (Å²) in [6, 6.07) is 9.61. The van der Waals surface area contributed by atoms with Gasteiger partial charge in [0.05, 0.1) is 41.2 Å². The van der Waals surface area contributed by atoms with Crippen LogP contribution in [0.5, 0.6) is 11.6 Å². The predicted molar refractivity (Wildman–Crippen MR) is 163 cm³/mol. The Bertz CT molecular complexity index is 1850. The van der Waals surface area contributed by atoms with Gasteiger partial charge in [-0.1, -0.05) is 0 Å². The molecule has 0 aliphatic carbocycles. The summed E-state index contributed by atoms with van der Waals surface area (Å²) in [5.74, 6) is -0.722. The van der Waals surface area contributed by atoms with Gasteiger partial charge in [0.25, 0.3) is 5.91 Å². The molecule has 3 heterocycles. The molecular weight excluding hydrogens is 591 g/mol. The van der Waals surface area contributed by atoms with E-state index in [1.54, 1.807) is 26.1 Å². The number of carbonyl (C=O) groups is 2. The minimum atomic E-state index is -0.796. The fourth-order valence-electron chi connectivity index (χ4n) is 4.25. The topological polar surface area (TPSA) is 158 Å². The van der Waals surface area contributed by atoms with Crippen LogP contribution in [0.4, 0.5) is 14.9 Å². The lowest BCUT2D eigenvalue weighted by Gasteiger charge is -2.22. The predicted octanol–water partition coefficient (Wildman–Crippen LogP) is 4.88. The number of halogens is 1. The van der Waals surface area contributed by atoms with Gasteiger partial charge in [0.1, 0.15) is 22.9 Å². The molecule has 14 heteroatoms. The average Bonchev–Trinajstić information content (AvgIpc) is 3.41. The van der Waals surface area contributed by atoms with Gasteiger partial charge >= 0.3 is 6.09 Å². The van der Waals surface area contributed by atoms with Crippen molar-refractivity contribution in [3.63, 3.8) is 0 Å². The molecule has 0 saturated carbocycles. The normalized spacial score (nSPS) is 12.5. The van der Waals surface area contributed by atoms with Gasteiger partial charge in [-0.3, -0.25) is 15.1 Å². The lowest BCUT2D eigenvalue weighted by Crippen LogP contribution is -2.32. The lowest BCUT2D eigenvalue weighted by atomic mass is 10.1. The summed E-state index contributed by atoms with van der Waals surface area (Å²) in [6.45, 7) is 5.07. The summed E-state index contributed by atoms with van der Waals surface area (Å²) < 4.78 is 32.3. The fourth-order valence-corrected chi connectivity index (χ4v) is 5.24. The molecule has 44 heavy (non-hydrogen) atoms. The number of rotatable bonds is 10. The number of methoxy groups -OCH3 is 1. The molecule has 3 aromatic heterocycles. The highest BCUT2D eigenvalue weighted by Gasteiger charge is 2.22. The number of ether oxygens (including phenoxy) is 3. The van der Waals surface area contributed by atoms with Crippen molar-refractivity contribution in [3.05, 3.63) is 65.9 Å². The molecule has 0 radical (unpaired) electrons. The highest BCUT2D eigenvalue weighted by atomic mass is 32.1. The number of pyridine rings is 1. The number of hydrogen-bond acceptors (Lipinski definition) is 11. The van der Waals surface area contributed by atoms with Crippen molar-refractivity contribution >= 4 is 50.3 Å². The zero-order valence-corrected chi connectivity index (χ0v) is 25.1. The standard InChI is InChI=1S/C30H29FN6O6S/c1-15-9-19(27-22(10-15)36-26(41-4)14-34-27)29-37-21-12-20(31)24(13-25(21)44-29)42-16(2)17(3)43-30(40)35-18-5-6-32-23(11-18)28(39)33-7-8-38/h5-6,9-14,16-17,38H,7-8H2,1-4H3,(H,33,39)(H,32,35,40)/t16-,17+/m0/s1. The van der Waals surface area contributed by atoms with Crippen molar-refractivity contribution in [2.24, 2.45) is 0 Å². The summed E-state index contributed by atoms with van der Waals surface area (Å²) in [6.07, 6.45) is 0.608. The highest BCUT2D eigenvalue weighted by molar-refractivity contribution is 7.21. The van der Waals surface area contributed by atoms with Crippen molar-refractivity contribution in [1.82, 2.24) is 25.3 Å². The molecule has 0 bridgehead atoms. The van der Waals surface area contributed by atoms with Gasteiger partial charge in [-0.05, 0) is 50.6 Å². The second-order valence-corrected chi connectivity index (χ2v) is 10.9. The number of carbonyl (C=O) groups excluding carboxylic acids is 2. The van der Waals surface area contributed by atoms with E-state index in [2.05, 4.69) is 30.6 Å². The first-order chi connectivity index (χ1) is 21.1. The molecule has 0 aliphatic heterocycles. The zero-order chi connectivity index (χ0) is 31.4. The molecule has 0 spiro atoms. The number of anilines is 1. The van der Waals surface area contributed by atoms with Gasteiger partial charge in [0.15, 0.2) is 11.6 Å². The van der Waals surface area contributed by atoms with Gasteiger partial charge in [0.2, 0.25) is 5.88 Å². The van der Waals surface area contributed by atoms with Crippen LogP contribution >= 0.6 is 11.3 Å². The number of fused-ring (bicyclic) bond motifs is 2. The van der Waals surface area contributed by atoms with E-state index < -0.39 is 30.0 Å². The fraction of sp³-hybridized carbons (Fsp3) is 0.267. The monoisotopic (exact) mass is 620 g/mol. The van der Waals surface area contributed by atoms with E-state index in [0.717, 1.165) is 11.1 Å². The number of aliphatic hydroxyl groups is 1. The van der Waals surface area contributed by atoms with Crippen LogP contribution in [0.1, 0.15) is 29.9 Å². The van der Waals surface area contributed by atoms with Crippen molar-refractivity contribution in [2.45, 2.75) is 33.0 Å². The molecule has 12 nitrogen and oxygen atoms in total. The molecule has 228 valence electrons. The summed E-state index contributed by atoms with van der Waals surface area (Å²) >= 11 is 1.36. The van der Waals surface area contributed by atoms with Crippen LogP contribution in [0, 0.1) is 12.7 Å². The number of aryl methyl sites for hydroxylation is 1. The van der Waals surface area contributed by atoms with Crippen molar-refractivity contribution in [2.75, 3.05) is 25.6 Å².